The van der Waals surface area contributed by atoms with E-state index in [9.17, 15) is 9.59 Å². The van der Waals surface area contributed by atoms with Gasteiger partial charge in [-0.3, -0.25) is 9.59 Å². The first-order chi connectivity index (χ1) is 8.63. The second-order valence-electron chi connectivity index (χ2n) is 3.71. The zero-order valence-corrected chi connectivity index (χ0v) is 11.8. The summed E-state index contributed by atoms with van der Waals surface area (Å²) in [6.45, 7) is 1.57. The summed E-state index contributed by atoms with van der Waals surface area (Å²) in [5.74, 6) is 0.747. The zero-order chi connectivity index (χ0) is 13.4. The van der Waals surface area contributed by atoms with E-state index in [1.165, 1.54) is 11.8 Å². The molecule has 0 aliphatic rings. The summed E-state index contributed by atoms with van der Waals surface area (Å²) in [7, 11) is 0. The first-order valence-corrected chi connectivity index (χ1v) is 7.14. The van der Waals surface area contributed by atoms with Crippen molar-refractivity contribution >= 4 is 40.3 Å². The van der Waals surface area contributed by atoms with Gasteiger partial charge in [-0.2, -0.15) is 0 Å². The molecule has 0 aliphatic carbocycles. The molecule has 0 atom stereocenters. The van der Waals surface area contributed by atoms with Crippen LogP contribution < -0.4 is 0 Å². The van der Waals surface area contributed by atoms with Gasteiger partial charge in [0.25, 0.3) is 0 Å². The lowest BCUT2D eigenvalue weighted by Gasteiger charge is -1.98. The van der Waals surface area contributed by atoms with E-state index in [4.69, 9.17) is 11.6 Å². The van der Waals surface area contributed by atoms with Gasteiger partial charge in [0, 0.05) is 18.2 Å². The maximum atomic E-state index is 11.3. The number of hydrogen-bond acceptors (Lipinski definition) is 3. The Bertz CT molecular complexity index is 438. The zero-order valence-electron chi connectivity index (χ0n) is 10.2. The SMILES string of the molecule is CC(=O)SCCC=Cc1ccc(C(=O)CCl)cc1. The van der Waals surface area contributed by atoms with E-state index in [0.717, 1.165) is 17.7 Å². The first kappa shape index (κ1) is 15.0. The van der Waals surface area contributed by atoms with E-state index in [2.05, 4.69) is 0 Å². The quantitative estimate of drug-likeness (QED) is 0.452. The molecule has 1 aromatic carbocycles. The second kappa shape index (κ2) is 8.11. The van der Waals surface area contributed by atoms with Crippen molar-refractivity contribution in [3.05, 3.63) is 41.5 Å². The number of benzene rings is 1. The number of ketones is 1. The van der Waals surface area contributed by atoms with Gasteiger partial charge in [0.1, 0.15) is 0 Å². The van der Waals surface area contributed by atoms with Crippen molar-refractivity contribution in [2.75, 3.05) is 11.6 Å². The molecule has 96 valence electrons. The summed E-state index contributed by atoms with van der Waals surface area (Å²) < 4.78 is 0. The average molecular weight is 283 g/mol. The minimum Gasteiger partial charge on any atom is -0.293 e. The number of Topliss-reactive ketones (excluding diaryl/α,β-unsaturated/α-hetero) is 1. The van der Waals surface area contributed by atoms with Gasteiger partial charge < -0.3 is 0 Å². The van der Waals surface area contributed by atoms with Crippen LogP contribution in [0.15, 0.2) is 30.3 Å². The number of alkyl halides is 1. The molecule has 0 amide bonds. The minimum atomic E-state index is -0.0648. The van der Waals surface area contributed by atoms with Crippen LogP contribution in [-0.4, -0.2) is 22.5 Å². The average Bonchev–Trinajstić information content (AvgIpc) is 2.38. The maximum Gasteiger partial charge on any atom is 0.185 e. The Balaban J connectivity index is 2.45. The Hall–Kier alpha value is -1.06. The van der Waals surface area contributed by atoms with Crippen molar-refractivity contribution in [1.29, 1.82) is 0 Å². The predicted octanol–water partition coefficient (Wildman–Crippen LogP) is 3.79. The van der Waals surface area contributed by atoms with Crippen LogP contribution in [0.4, 0.5) is 0 Å². The van der Waals surface area contributed by atoms with E-state index < -0.39 is 0 Å². The number of hydrogen-bond donors (Lipinski definition) is 0. The number of carbonyl (C=O) groups excluding carboxylic acids is 2. The van der Waals surface area contributed by atoms with E-state index in [0.29, 0.717) is 5.56 Å². The standard InChI is InChI=1S/C14H15ClO2S/c1-11(16)18-9-3-2-4-12-5-7-13(8-6-12)14(17)10-15/h2,4-8H,3,9-10H2,1H3. The highest BCUT2D eigenvalue weighted by atomic mass is 35.5. The Morgan fingerprint density at radius 1 is 1.28 bits per heavy atom. The van der Waals surface area contributed by atoms with Gasteiger partial charge >= 0.3 is 0 Å². The molecule has 2 nitrogen and oxygen atoms in total. The van der Waals surface area contributed by atoms with Crippen LogP contribution in [0.25, 0.3) is 6.08 Å². The molecule has 0 N–H and O–H groups in total. The highest BCUT2D eigenvalue weighted by Crippen LogP contribution is 2.09. The number of thioether (sulfide) groups is 1. The molecule has 18 heavy (non-hydrogen) atoms. The molecule has 0 spiro atoms. The van der Waals surface area contributed by atoms with Crippen LogP contribution in [0.3, 0.4) is 0 Å². The lowest BCUT2D eigenvalue weighted by molar-refractivity contribution is -0.109. The molecule has 1 rings (SSSR count). The lowest BCUT2D eigenvalue weighted by atomic mass is 10.1. The van der Waals surface area contributed by atoms with Crippen LogP contribution in [0.1, 0.15) is 29.3 Å². The molecule has 0 bridgehead atoms. The maximum absolute atomic E-state index is 11.3. The van der Waals surface area contributed by atoms with Crippen LogP contribution in [-0.2, 0) is 4.79 Å². The normalized spacial score (nSPS) is 10.8. The number of rotatable bonds is 6. The van der Waals surface area contributed by atoms with Gasteiger partial charge in [-0.15, -0.1) is 11.6 Å². The third-order valence-electron chi connectivity index (χ3n) is 2.25. The van der Waals surface area contributed by atoms with Crippen molar-refractivity contribution in [2.24, 2.45) is 0 Å². The molecule has 0 unspecified atom stereocenters. The summed E-state index contributed by atoms with van der Waals surface area (Å²) in [5.41, 5.74) is 1.67. The fourth-order valence-electron chi connectivity index (χ4n) is 1.35. The highest BCUT2D eigenvalue weighted by Gasteiger charge is 2.02. The first-order valence-electron chi connectivity index (χ1n) is 5.62. The molecule has 0 saturated heterocycles. The molecule has 0 heterocycles. The fourth-order valence-corrected chi connectivity index (χ4v) is 2.04. The van der Waals surface area contributed by atoms with Crippen LogP contribution in [0.5, 0.6) is 0 Å². The highest BCUT2D eigenvalue weighted by molar-refractivity contribution is 8.13. The molecular formula is C14H15ClO2S. The number of allylic oxidation sites excluding steroid dienone is 1. The molecule has 1 aromatic rings. The van der Waals surface area contributed by atoms with Gasteiger partial charge in [-0.25, -0.2) is 0 Å². The minimum absolute atomic E-state index is 0.0114. The summed E-state index contributed by atoms with van der Waals surface area (Å²) >= 11 is 6.80. The lowest BCUT2D eigenvalue weighted by Crippen LogP contribution is -1.99. The van der Waals surface area contributed by atoms with Crippen molar-refractivity contribution in [3.8, 4) is 0 Å². The Labute approximate surface area is 116 Å². The number of carbonyl (C=O) groups is 2. The van der Waals surface area contributed by atoms with E-state index >= 15 is 0 Å². The summed E-state index contributed by atoms with van der Waals surface area (Å²) in [5, 5.41) is 0.146. The fraction of sp³-hybridized carbons (Fsp3) is 0.286. The molecular weight excluding hydrogens is 268 g/mol. The Morgan fingerprint density at radius 2 is 1.94 bits per heavy atom. The van der Waals surface area contributed by atoms with Crippen LogP contribution >= 0.6 is 23.4 Å². The van der Waals surface area contributed by atoms with Crippen LogP contribution in [0.2, 0.25) is 0 Å². The van der Waals surface area contributed by atoms with Crippen molar-refractivity contribution < 1.29 is 9.59 Å². The van der Waals surface area contributed by atoms with Gasteiger partial charge in [-0.05, 0) is 12.0 Å². The van der Waals surface area contributed by atoms with Gasteiger partial charge in [-0.1, -0.05) is 48.2 Å². The topological polar surface area (TPSA) is 34.1 Å². The molecule has 4 heteroatoms. The number of halogens is 1. The summed E-state index contributed by atoms with van der Waals surface area (Å²) in [6.07, 6.45) is 4.86. The molecule has 0 aromatic heterocycles. The second-order valence-corrected chi connectivity index (χ2v) is 5.25. The van der Waals surface area contributed by atoms with Gasteiger partial charge in [0.2, 0.25) is 0 Å². The van der Waals surface area contributed by atoms with Gasteiger partial charge in [0.05, 0.1) is 5.88 Å². The Morgan fingerprint density at radius 3 is 2.50 bits per heavy atom. The monoisotopic (exact) mass is 282 g/mol. The van der Waals surface area contributed by atoms with Crippen molar-refractivity contribution in [3.63, 3.8) is 0 Å². The van der Waals surface area contributed by atoms with E-state index in [-0.39, 0.29) is 16.8 Å². The molecule has 0 radical (unpaired) electrons. The molecule has 0 aliphatic heterocycles. The van der Waals surface area contributed by atoms with Crippen molar-refractivity contribution in [2.45, 2.75) is 13.3 Å². The third-order valence-corrected chi connectivity index (χ3v) is 3.34. The largest absolute Gasteiger partial charge is 0.293 e. The smallest absolute Gasteiger partial charge is 0.185 e. The molecule has 0 fully saturated rings. The van der Waals surface area contributed by atoms with E-state index in [1.807, 2.05) is 24.3 Å². The van der Waals surface area contributed by atoms with E-state index in [1.54, 1.807) is 19.1 Å². The Kier molecular flexibility index (Phi) is 6.76. The molecule has 0 saturated carbocycles. The summed E-state index contributed by atoms with van der Waals surface area (Å²) in [4.78, 5) is 22.0. The predicted molar refractivity (Wildman–Crippen MR) is 78.3 cm³/mol. The third kappa shape index (κ3) is 5.52. The van der Waals surface area contributed by atoms with Crippen LogP contribution in [0, 0.1) is 0 Å². The summed E-state index contributed by atoms with van der Waals surface area (Å²) in [6, 6.07) is 7.31. The van der Waals surface area contributed by atoms with Gasteiger partial charge in [0.15, 0.2) is 10.9 Å². The van der Waals surface area contributed by atoms with Crippen molar-refractivity contribution in [1.82, 2.24) is 0 Å².